The van der Waals surface area contributed by atoms with Crippen molar-refractivity contribution in [3.63, 3.8) is 0 Å². The topological polar surface area (TPSA) is 71.0 Å². The van der Waals surface area contributed by atoms with E-state index in [4.69, 9.17) is 9.73 Å². The lowest BCUT2D eigenvalue weighted by Gasteiger charge is -2.33. The molecule has 3 rings (SSSR count). The Kier molecular flexibility index (Phi) is 5.71. The third-order valence-corrected chi connectivity index (χ3v) is 5.36. The normalized spacial score (nSPS) is 25.5. The maximum Gasteiger partial charge on any atom is 0.255 e. The van der Waals surface area contributed by atoms with Crippen molar-refractivity contribution < 1.29 is 14.3 Å². The number of amidine groups is 1. The number of carbonyl (C=O) groups is 2. The van der Waals surface area contributed by atoms with Gasteiger partial charge in [-0.1, -0.05) is 25.1 Å². The van der Waals surface area contributed by atoms with E-state index in [0.717, 1.165) is 17.9 Å². The van der Waals surface area contributed by atoms with Crippen LogP contribution in [-0.2, 0) is 14.3 Å². The second-order valence-electron chi connectivity index (χ2n) is 6.99. The molecule has 1 saturated carbocycles. The van der Waals surface area contributed by atoms with E-state index >= 15 is 0 Å². The molecule has 1 N–H and O–H groups in total. The summed E-state index contributed by atoms with van der Waals surface area (Å²) in [7, 11) is 1.63. The fraction of sp³-hybridized carbons (Fsp3) is 0.550. The van der Waals surface area contributed by atoms with Gasteiger partial charge in [-0.2, -0.15) is 0 Å². The molecule has 1 aliphatic carbocycles. The van der Waals surface area contributed by atoms with Crippen LogP contribution in [0.15, 0.2) is 35.3 Å². The number of hydrogen-bond acceptors (Lipinski definition) is 4. The third-order valence-electron chi connectivity index (χ3n) is 5.36. The van der Waals surface area contributed by atoms with Crippen LogP contribution in [0.25, 0.3) is 0 Å². The summed E-state index contributed by atoms with van der Waals surface area (Å²) < 4.78 is 5.12. The Labute approximate surface area is 154 Å². The molecule has 26 heavy (non-hydrogen) atoms. The number of carbonyl (C=O) groups excluding carboxylic acids is 2. The van der Waals surface area contributed by atoms with Crippen LogP contribution in [0.5, 0.6) is 0 Å². The first-order valence-electron chi connectivity index (χ1n) is 9.35. The van der Waals surface area contributed by atoms with Crippen molar-refractivity contribution in [2.75, 3.05) is 25.6 Å². The van der Waals surface area contributed by atoms with E-state index in [1.54, 1.807) is 12.0 Å². The molecular weight excluding hydrogens is 330 g/mol. The first-order chi connectivity index (χ1) is 12.6. The highest BCUT2D eigenvalue weighted by molar-refractivity contribution is 6.08. The number of hydrogen-bond donors (Lipinski definition) is 1. The zero-order valence-corrected chi connectivity index (χ0v) is 15.5. The minimum absolute atomic E-state index is 0.0347. The summed E-state index contributed by atoms with van der Waals surface area (Å²) in [5, 5.41) is 2.97. The van der Waals surface area contributed by atoms with Crippen LogP contribution in [0.4, 0.5) is 5.69 Å². The second-order valence-corrected chi connectivity index (χ2v) is 6.99. The number of anilines is 1. The van der Waals surface area contributed by atoms with Gasteiger partial charge in [0.2, 0.25) is 5.91 Å². The maximum absolute atomic E-state index is 13.0. The molecule has 1 aliphatic heterocycles. The average molecular weight is 357 g/mol. The molecule has 6 heteroatoms. The Morgan fingerprint density at radius 3 is 2.62 bits per heavy atom. The summed E-state index contributed by atoms with van der Waals surface area (Å²) in [6.07, 6.45) is 3.36. The maximum atomic E-state index is 13.0. The molecule has 2 aliphatic rings. The van der Waals surface area contributed by atoms with Gasteiger partial charge >= 0.3 is 0 Å². The van der Waals surface area contributed by atoms with Crippen molar-refractivity contribution in [2.45, 2.75) is 44.6 Å². The van der Waals surface area contributed by atoms with Gasteiger partial charge in [-0.3, -0.25) is 19.5 Å². The lowest BCUT2D eigenvalue weighted by atomic mass is 9.76. The predicted octanol–water partition coefficient (Wildman–Crippen LogP) is 2.85. The van der Waals surface area contributed by atoms with Crippen molar-refractivity contribution in [1.29, 1.82) is 0 Å². The molecule has 0 radical (unpaired) electrons. The van der Waals surface area contributed by atoms with Gasteiger partial charge in [0.05, 0.1) is 13.2 Å². The first-order valence-corrected chi connectivity index (χ1v) is 9.35. The largest absolute Gasteiger partial charge is 0.383 e. The predicted molar refractivity (Wildman–Crippen MR) is 101 cm³/mol. The van der Waals surface area contributed by atoms with Crippen molar-refractivity contribution in [1.82, 2.24) is 4.90 Å². The Morgan fingerprint density at radius 1 is 1.31 bits per heavy atom. The van der Waals surface area contributed by atoms with Crippen LogP contribution in [0.3, 0.4) is 0 Å². The Bertz CT molecular complexity index is 679. The Balaban J connectivity index is 1.63. The fourth-order valence-corrected chi connectivity index (χ4v) is 3.86. The number of amides is 2. The van der Waals surface area contributed by atoms with Gasteiger partial charge in [0.1, 0.15) is 11.4 Å². The molecule has 1 aromatic carbocycles. The molecule has 6 nitrogen and oxygen atoms in total. The van der Waals surface area contributed by atoms with E-state index in [-0.39, 0.29) is 17.7 Å². The van der Waals surface area contributed by atoms with E-state index in [9.17, 15) is 9.59 Å². The van der Waals surface area contributed by atoms with Gasteiger partial charge in [0.15, 0.2) is 0 Å². The van der Waals surface area contributed by atoms with Gasteiger partial charge in [0.25, 0.3) is 5.91 Å². The first kappa shape index (κ1) is 18.6. The summed E-state index contributed by atoms with van der Waals surface area (Å²) in [6.45, 7) is 3.06. The van der Waals surface area contributed by atoms with E-state index in [0.29, 0.717) is 38.8 Å². The molecule has 140 valence electrons. The molecule has 0 bridgehead atoms. The van der Waals surface area contributed by atoms with Gasteiger partial charge in [0, 0.05) is 25.1 Å². The van der Waals surface area contributed by atoms with E-state index in [2.05, 4.69) is 5.32 Å². The molecule has 1 aromatic rings. The van der Waals surface area contributed by atoms with Crippen LogP contribution in [0.2, 0.25) is 0 Å². The SMILES string of the molecule is CCC1=NC2(CCC(C(=O)Nc3ccccc3)CC2)C(=O)N1CCOC. The smallest absolute Gasteiger partial charge is 0.255 e. The molecule has 0 unspecified atom stereocenters. The van der Waals surface area contributed by atoms with Crippen LogP contribution in [0.1, 0.15) is 39.0 Å². The lowest BCUT2D eigenvalue weighted by Crippen LogP contribution is -2.46. The molecule has 1 fully saturated rings. The number of rotatable bonds is 6. The van der Waals surface area contributed by atoms with Crippen molar-refractivity contribution in [3.05, 3.63) is 30.3 Å². The average Bonchev–Trinajstić information content (AvgIpc) is 2.93. The van der Waals surface area contributed by atoms with Crippen molar-refractivity contribution in [2.24, 2.45) is 10.9 Å². The molecule has 1 spiro atoms. The minimum Gasteiger partial charge on any atom is -0.383 e. The zero-order chi connectivity index (χ0) is 18.6. The minimum atomic E-state index is -0.664. The van der Waals surface area contributed by atoms with Gasteiger partial charge in [-0.15, -0.1) is 0 Å². The third kappa shape index (κ3) is 3.65. The number of methoxy groups -OCH3 is 1. The van der Waals surface area contributed by atoms with Crippen molar-refractivity contribution >= 4 is 23.3 Å². The summed E-state index contributed by atoms with van der Waals surface area (Å²) in [6, 6.07) is 9.49. The molecule has 0 aromatic heterocycles. The summed E-state index contributed by atoms with van der Waals surface area (Å²) in [5.74, 6) is 0.891. The highest BCUT2D eigenvalue weighted by Crippen LogP contribution is 2.40. The molecule has 2 amide bonds. The highest BCUT2D eigenvalue weighted by atomic mass is 16.5. The summed E-state index contributed by atoms with van der Waals surface area (Å²) in [5.41, 5.74) is 0.148. The number of nitrogens with one attached hydrogen (secondary N) is 1. The standard InChI is InChI=1S/C20H27N3O3/c1-3-17-22-20(19(25)23(17)13-14-26-2)11-9-15(10-12-20)18(24)21-16-7-5-4-6-8-16/h4-8,15H,3,9-14H2,1-2H3,(H,21,24). The number of aliphatic imine (C=N–C) groups is 1. The van der Waals surface area contributed by atoms with Crippen LogP contribution < -0.4 is 5.32 Å². The molecule has 1 heterocycles. The highest BCUT2D eigenvalue weighted by Gasteiger charge is 2.49. The lowest BCUT2D eigenvalue weighted by molar-refractivity contribution is -0.134. The number of para-hydroxylation sites is 1. The molecule has 0 saturated heterocycles. The molecular formula is C20H27N3O3. The van der Waals surface area contributed by atoms with Gasteiger partial charge in [-0.25, -0.2) is 0 Å². The molecule has 0 atom stereocenters. The van der Waals surface area contributed by atoms with E-state index in [1.165, 1.54) is 0 Å². The Morgan fingerprint density at radius 2 is 2.00 bits per heavy atom. The second kappa shape index (κ2) is 7.99. The van der Waals surface area contributed by atoms with Gasteiger partial charge in [-0.05, 0) is 37.8 Å². The van der Waals surface area contributed by atoms with Crippen LogP contribution >= 0.6 is 0 Å². The quantitative estimate of drug-likeness (QED) is 0.851. The summed E-state index contributed by atoms with van der Waals surface area (Å²) >= 11 is 0. The zero-order valence-electron chi connectivity index (χ0n) is 15.5. The van der Waals surface area contributed by atoms with E-state index < -0.39 is 5.54 Å². The Hall–Kier alpha value is -2.21. The van der Waals surface area contributed by atoms with E-state index in [1.807, 2.05) is 37.3 Å². The number of nitrogens with zero attached hydrogens (tertiary/aromatic N) is 2. The summed E-state index contributed by atoms with van der Waals surface area (Å²) in [4.78, 5) is 32.1. The number of ether oxygens (including phenoxy) is 1. The number of benzene rings is 1. The fourth-order valence-electron chi connectivity index (χ4n) is 3.86. The van der Waals surface area contributed by atoms with Crippen LogP contribution in [-0.4, -0.2) is 48.4 Å². The van der Waals surface area contributed by atoms with Crippen molar-refractivity contribution in [3.8, 4) is 0 Å². The monoisotopic (exact) mass is 357 g/mol. The van der Waals surface area contributed by atoms with Crippen LogP contribution in [0, 0.1) is 5.92 Å². The van der Waals surface area contributed by atoms with Gasteiger partial charge < -0.3 is 10.1 Å².